The summed E-state index contributed by atoms with van der Waals surface area (Å²) in [5.41, 5.74) is 1.14. The quantitative estimate of drug-likeness (QED) is 0.828. The molecule has 2 N–H and O–H groups in total. The van der Waals surface area contributed by atoms with Gasteiger partial charge in [0.2, 0.25) is 0 Å². The van der Waals surface area contributed by atoms with E-state index in [9.17, 15) is 5.11 Å². The highest BCUT2D eigenvalue weighted by molar-refractivity contribution is 5.97. The predicted octanol–water partition coefficient (Wildman–Crippen LogP) is 4.15. The van der Waals surface area contributed by atoms with E-state index in [-0.39, 0.29) is 0 Å². The lowest BCUT2D eigenvalue weighted by Crippen LogP contribution is -2.21. The van der Waals surface area contributed by atoms with Crippen LogP contribution in [0.15, 0.2) is 36.4 Å². The van der Waals surface area contributed by atoms with Gasteiger partial charge in [-0.15, -0.1) is 0 Å². The maximum absolute atomic E-state index is 9.88. The normalized spacial score (nSPS) is 23.4. The van der Waals surface area contributed by atoms with Gasteiger partial charge in [0.1, 0.15) is 5.75 Å². The summed E-state index contributed by atoms with van der Waals surface area (Å²) in [7, 11) is 0. The van der Waals surface area contributed by atoms with Crippen LogP contribution in [-0.4, -0.2) is 11.1 Å². The second-order valence-electron chi connectivity index (χ2n) is 5.34. The average Bonchev–Trinajstić information content (AvgIpc) is 2.77. The molecule has 0 amide bonds. The number of aromatic hydroxyl groups is 1. The zero-order valence-electron chi connectivity index (χ0n) is 10.7. The molecule has 2 aromatic rings. The van der Waals surface area contributed by atoms with Crippen LogP contribution in [0.5, 0.6) is 5.75 Å². The van der Waals surface area contributed by atoms with E-state index in [0.29, 0.717) is 11.8 Å². The van der Waals surface area contributed by atoms with Gasteiger partial charge in [0.05, 0.1) is 0 Å². The highest BCUT2D eigenvalue weighted by atomic mass is 16.3. The lowest BCUT2D eigenvalue weighted by Gasteiger charge is -2.20. The molecule has 1 saturated carbocycles. The van der Waals surface area contributed by atoms with E-state index in [0.717, 1.165) is 22.4 Å². The minimum atomic E-state index is 0.357. The third kappa shape index (κ3) is 1.92. The van der Waals surface area contributed by atoms with E-state index in [4.69, 9.17) is 0 Å². The zero-order chi connectivity index (χ0) is 12.5. The number of hydrogen-bond acceptors (Lipinski definition) is 2. The Kier molecular flexibility index (Phi) is 2.86. The summed E-state index contributed by atoms with van der Waals surface area (Å²) in [4.78, 5) is 0. The first-order chi connectivity index (χ1) is 8.75. The van der Waals surface area contributed by atoms with Crippen molar-refractivity contribution >= 4 is 16.5 Å². The highest BCUT2D eigenvalue weighted by Crippen LogP contribution is 2.33. The van der Waals surface area contributed by atoms with E-state index >= 15 is 0 Å². The number of phenolic OH excluding ortho intramolecular Hbond substituents is 1. The van der Waals surface area contributed by atoms with Crippen LogP contribution >= 0.6 is 0 Å². The Morgan fingerprint density at radius 2 is 1.83 bits per heavy atom. The van der Waals surface area contributed by atoms with Gasteiger partial charge in [-0.25, -0.2) is 0 Å². The molecule has 94 valence electrons. The van der Waals surface area contributed by atoms with Crippen molar-refractivity contribution in [3.8, 4) is 5.75 Å². The Bertz CT molecular complexity index is 564. The van der Waals surface area contributed by atoms with Crippen LogP contribution in [0.1, 0.15) is 26.2 Å². The molecule has 2 unspecified atom stereocenters. The van der Waals surface area contributed by atoms with Crippen molar-refractivity contribution in [1.82, 2.24) is 0 Å². The van der Waals surface area contributed by atoms with E-state index in [1.54, 1.807) is 6.07 Å². The summed E-state index contributed by atoms with van der Waals surface area (Å²) >= 11 is 0. The molecule has 1 aliphatic rings. The van der Waals surface area contributed by atoms with Crippen LogP contribution in [0.4, 0.5) is 5.69 Å². The van der Waals surface area contributed by atoms with E-state index in [1.165, 1.54) is 19.3 Å². The van der Waals surface area contributed by atoms with Crippen molar-refractivity contribution in [3.05, 3.63) is 36.4 Å². The molecule has 1 fully saturated rings. The first kappa shape index (κ1) is 11.4. The Hall–Kier alpha value is -1.70. The van der Waals surface area contributed by atoms with Crippen molar-refractivity contribution < 1.29 is 5.11 Å². The van der Waals surface area contributed by atoms with Gasteiger partial charge in [-0.2, -0.15) is 0 Å². The Morgan fingerprint density at radius 3 is 2.61 bits per heavy atom. The fraction of sp³-hybridized carbons (Fsp3) is 0.375. The Morgan fingerprint density at radius 1 is 1.06 bits per heavy atom. The molecule has 1 aliphatic carbocycles. The lowest BCUT2D eigenvalue weighted by atomic mass is 10.0. The number of nitrogens with one attached hydrogen (secondary N) is 1. The molecule has 2 heteroatoms. The molecule has 0 bridgehead atoms. The number of fused-ring (bicyclic) bond motifs is 1. The Balaban J connectivity index is 1.99. The molecule has 0 spiro atoms. The number of benzene rings is 2. The topological polar surface area (TPSA) is 32.3 Å². The monoisotopic (exact) mass is 241 g/mol. The third-order valence-corrected chi connectivity index (χ3v) is 4.10. The van der Waals surface area contributed by atoms with Crippen molar-refractivity contribution in [2.24, 2.45) is 5.92 Å². The molecule has 2 atom stereocenters. The maximum atomic E-state index is 9.88. The SMILES string of the molecule is CC1CCCC1Nc1cccc2c(O)cccc12. The second kappa shape index (κ2) is 4.52. The van der Waals surface area contributed by atoms with Crippen molar-refractivity contribution in [2.45, 2.75) is 32.2 Å². The van der Waals surface area contributed by atoms with Gasteiger partial charge in [-0.1, -0.05) is 37.6 Å². The second-order valence-corrected chi connectivity index (χ2v) is 5.34. The fourth-order valence-electron chi connectivity index (χ4n) is 2.98. The molecule has 0 heterocycles. The number of phenols is 1. The van der Waals surface area contributed by atoms with E-state index in [1.807, 2.05) is 18.2 Å². The van der Waals surface area contributed by atoms with Gasteiger partial charge in [0.25, 0.3) is 0 Å². The zero-order valence-corrected chi connectivity index (χ0v) is 10.7. The van der Waals surface area contributed by atoms with Gasteiger partial charge in [-0.3, -0.25) is 0 Å². The first-order valence-corrected chi connectivity index (χ1v) is 6.73. The standard InChI is InChI=1S/C16H19NO/c1-11-5-2-8-14(11)17-15-9-3-7-13-12(15)6-4-10-16(13)18/h3-4,6-7,9-11,14,17-18H,2,5,8H2,1H3. The lowest BCUT2D eigenvalue weighted by molar-refractivity contribution is 0.481. The van der Waals surface area contributed by atoms with Crippen LogP contribution in [0.25, 0.3) is 10.8 Å². The van der Waals surface area contributed by atoms with Gasteiger partial charge in [0.15, 0.2) is 0 Å². The van der Waals surface area contributed by atoms with Crippen LogP contribution in [0, 0.1) is 5.92 Å². The fourth-order valence-corrected chi connectivity index (χ4v) is 2.98. The summed E-state index contributed by atoms with van der Waals surface area (Å²) in [5.74, 6) is 1.09. The minimum Gasteiger partial charge on any atom is -0.507 e. The molecule has 0 saturated heterocycles. The van der Waals surface area contributed by atoms with E-state index < -0.39 is 0 Å². The molecule has 18 heavy (non-hydrogen) atoms. The van der Waals surface area contributed by atoms with Crippen molar-refractivity contribution in [3.63, 3.8) is 0 Å². The average molecular weight is 241 g/mol. The summed E-state index contributed by atoms with van der Waals surface area (Å²) < 4.78 is 0. The molecule has 2 aromatic carbocycles. The smallest absolute Gasteiger partial charge is 0.123 e. The van der Waals surface area contributed by atoms with Crippen LogP contribution in [0.2, 0.25) is 0 Å². The largest absolute Gasteiger partial charge is 0.507 e. The molecule has 0 radical (unpaired) electrons. The molecular formula is C16H19NO. The summed E-state index contributed by atoms with van der Waals surface area (Å²) in [5, 5.41) is 15.6. The predicted molar refractivity (Wildman–Crippen MR) is 76.0 cm³/mol. The third-order valence-electron chi connectivity index (χ3n) is 4.10. The number of hydrogen-bond donors (Lipinski definition) is 2. The molecule has 0 aromatic heterocycles. The highest BCUT2D eigenvalue weighted by Gasteiger charge is 2.23. The summed E-state index contributed by atoms with van der Waals surface area (Å²) in [6.07, 6.45) is 3.87. The van der Waals surface area contributed by atoms with E-state index in [2.05, 4.69) is 24.4 Å². The first-order valence-electron chi connectivity index (χ1n) is 6.73. The number of anilines is 1. The molecular weight excluding hydrogens is 222 g/mol. The molecule has 0 aliphatic heterocycles. The summed E-state index contributed by atoms with van der Waals surface area (Å²) in [6.45, 7) is 2.31. The Labute approximate surface area is 108 Å². The van der Waals surface area contributed by atoms with Crippen molar-refractivity contribution in [2.75, 3.05) is 5.32 Å². The van der Waals surface area contributed by atoms with Gasteiger partial charge < -0.3 is 10.4 Å². The van der Waals surface area contributed by atoms with Crippen LogP contribution in [-0.2, 0) is 0 Å². The minimum absolute atomic E-state index is 0.357. The van der Waals surface area contributed by atoms with Crippen LogP contribution in [0.3, 0.4) is 0 Å². The van der Waals surface area contributed by atoms with Gasteiger partial charge in [-0.05, 0) is 30.9 Å². The van der Waals surface area contributed by atoms with Crippen LogP contribution < -0.4 is 5.32 Å². The number of rotatable bonds is 2. The molecule has 2 nitrogen and oxygen atoms in total. The van der Waals surface area contributed by atoms with Gasteiger partial charge in [0, 0.05) is 22.5 Å². The van der Waals surface area contributed by atoms with Crippen molar-refractivity contribution in [1.29, 1.82) is 0 Å². The maximum Gasteiger partial charge on any atom is 0.123 e. The van der Waals surface area contributed by atoms with Gasteiger partial charge >= 0.3 is 0 Å². The summed E-state index contributed by atoms with van der Waals surface area (Å²) in [6, 6.07) is 12.4. The molecule has 3 rings (SSSR count).